The van der Waals surface area contributed by atoms with Gasteiger partial charge in [0.05, 0.1) is 14.2 Å². The van der Waals surface area contributed by atoms with Crippen molar-refractivity contribution in [3.8, 4) is 11.5 Å². The molecule has 0 radical (unpaired) electrons. The zero-order chi connectivity index (χ0) is 12.7. The van der Waals surface area contributed by atoms with Gasteiger partial charge in [-0.25, -0.2) is 0 Å². The highest BCUT2D eigenvalue weighted by atomic mass is 16.5. The van der Waals surface area contributed by atoms with E-state index in [4.69, 9.17) is 9.47 Å². The van der Waals surface area contributed by atoms with Crippen molar-refractivity contribution in [1.29, 1.82) is 0 Å². The summed E-state index contributed by atoms with van der Waals surface area (Å²) in [6.07, 6.45) is 1.86. The van der Waals surface area contributed by atoms with Crippen molar-refractivity contribution in [3.63, 3.8) is 0 Å². The van der Waals surface area contributed by atoms with Crippen molar-refractivity contribution in [3.05, 3.63) is 23.3 Å². The highest BCUT2D eigenvalue weighted by Gasteiger charge is 2.39. The molecule has 0 unspecified atom stereocenters. The van der Waals surface area contributed by atoms with Crippen molar-refractivity contribution >= 4 is 5.91 Å². The number of ether oxygens (including phenoxy) is 2. The molecule has 0 bridgehead atoms. The van der Waals surface area contributed by atoms with E-state index < -0.39 is 0 Å². The van der Waals surface area contributed by atoms with E-state index in [-0.39, 0.29) is 11.8 Å². The molecule has 1 aromatic rings. The van der Waals surface area contributed by atoms with Crippen LogP contribution < -0.4 is 14.8 Å². The number of benzene rings is 1. The molecule has 1 N–H and O–H groups in total. The molecule has 2 aliphatic rings. The summed E-state index contributed by atoms with van der Waals surface area (Å²) in [7, 11) is 3.29. The molecule has 2 atom stereocenters. The Kier molecular flexibility index (Phi) is 2.65. The first kappa shape index (κ1) is 11.4. The molecule has 4 nitrogen and oxygen atoms in total. The van der Waals surface area contributed by atoms with Crippen LogP contribution in [0.1, 0.15) is 23.5 Å². The number of hydrogen-bond acceptors (Lipinski definition) is 3. The second-order valence-electron chi connectivity index (χ2n) is 4.90. The fraction of sp³-hybridized carbons (Fsp3) is 0.500. The van der Waals surface area contributed by atoms with Gasteiger partial charge in [-0.1, -0.05) is 0 Å². The van der Waals surface area contributed by atoms with Crippen molar-refractivity contribution in [2.24, 2.45) is 5.92 Å². The topological polar surface area (TPSA) is 47.6 Å². The SMILES string of the molecule is COc1cc2c(cc1OC)[C@@H]1CNC(=O)[C@@H]1CC2. The molecule has 18 heavy (non-hydrogen) atoms. The highest BCUT2D eigenvalue weighted by molar-refractivity contribution is 5.83. The van der Waals surface area contributed by atoms with Gasteiger partial charge in [0.25, 0.3) is 0 Å². The Morgan fingerprint density at radius 3 is 2.61 bits per heavy atom. The quantitative estimate of drug-likeness (QED) is 0.861. The minimum atomic E-state index is 0.135. The first-order valence-corrected chi connectivity index (χ1v) is 6.27. The summed E-state index contributed by atoms with van der Waals surface area (Å²) in [6, 6.07) is 4.08. The predicted octanol–water partition coefficient (Wildman–Crippen LogP) is 1.48. The summed E-state index contributed by atoms with van der Waals surface area (Å²) in [5.41, 5.74) is 2.52. The number of methoxy groups -OCH3 is 2. The number of amides is 1. The standard InChI is InChI=1S/C14H17NO3/c1-17-12-5-8-3-4-9-11(7-15-14(9)16)10(8)6-13(12)18-2/h5-6,9,11H,3-4,7H2,1-2H3,(H,15,16)/t9-,11-/m1/s1. The minimum absolute atomic E-state index is 0.135. The second-order valence-corrected chi connectivity index (χ2v) is 4.90. The Labute approximate surface area is 106 Å². The van der Waals surface area contributed by atoms with Gasteiger partial charge in [-0.2, -0.15) is 0 Å². The fourth-order valence-electron chi connectivity index (χ4n) is 3.14. The Balaban J connectivity index is 2.06. The summed E-state index contributed by atoms with van der Waals surface area (Å²) >= 11 is 0. The predicted molar refractivity (Wildman–Crippen MR) is 67.1 cm³/mol. The lowest BCUT2D eigenvalue weighted by Crippen LogP contribution is -2.23. The Bertz CT molecular complexity index is 498. The molecule has 1 fully saturated rings. The van der Waals surface area contributed by atoms with E-state index in [0.717, 1.165) is 30.9 Å². The number of hydrogen-bond donors (Lipinski definition) is 1. The molecule has 0 spiro atoms. The molecule has 1 aromatic carbocycles. The van der Waals surface area contributed by atoms with E-state index in [1.807, 2.05) is 12.1 Å². The number of carbonyl (C=O) groups is 1. The molecule has 0 saturated carbocycles. The maximum atomic E-state index is 11.7. The zero-order valence-electron chi connectivity index (χ0n) is 10.7. The van der Waals surface area contributed by atoms with Gasteiger partial charge in [-0.15, -0.1) is 0 Å². The van der Waals surface area contributed by atoms with E-state index in [2.05, 4.69) is 5.32 Å². The van der Waals surface area contributed by atoms with Crippen molar-refractivity contribution in [1.82, 2.24) is 5.32 Å². The van der Waals surface area contributed by atoms with Gasteiger partial charge in [0.15, 0.2) is 11.5 Å². The second kappa shape index (κ2) is 4.19. The molecule has 4 heteroatoms. The van der Waals surface area contributed by atoms with Gasteiger partial charge in [0.1, 0.15) is 0 Å². The number of aryl methyl sites for hydroxylation is 1. The van der Waals surface area contributed by atoms with Crippen molar-refractivity contribution in [2.45, 2.75) is 18.8 Å². The van der Waals surface area contributed by atoms with Crippen LogP contribution in [0.4, 0.5) is 0 Å². The third-order valence-corrected chi connectivity index (χ3v) is 4.09. The van der Waals surface area contributed by atoms with E-state index in [1.165, 1.54) is 11.1 Å². The van der Waals surface area contributed by atoms with Crippen LogP contribution in [0.25, 0.3) is 0 Å². The van der Waals surface area contributed by atoms with Gasteiger partial charge >= 0.3 is 0 Å². The summed E-state index contributed by atoms with van der Waals surface area (Å²) in [5.74, 6) is 2.14. The van der Waals surface area contributed by atoms with Crippen LogP contribution in [0.3, 0.4) is 0 Å². The highest BCUT2D eigenvalue weighted by Crippen LogP contribution is 2.43. The smallest absolute Gasteiger partial charge is 0.223 e. The summed E-state index contributed by atoms with van der Waals surface area (Å²) < 4.78 is 10.7. The lowest BCUT2D eigenvalue weighted by atomic mass is 9.76. The molecule has 1 aliphatic carbocycles. The maximum absolute atomic E-state index is 11.7. The minimum Gasteiger partial charge on any atom is -0.493 e. The first-order valence-electron chi connectivity index (χ1n) is 6.27. The molecule has 3 rings (SSSR count). The zero-order valence-corrected chi connectivity index (χ0v) is 10.7. The average Bonchev–Trinajstić information content (AvgIpc) is 2.79. The third-order valence-electron chi connectivity index (χ3n) is 4.09. The van der Waals surface area contributed by atoms with Crippen molar-refractivity contribution in [2.75, 3.05) is 20.8 Å². The molecule has 96 valence electrons. The van der Waals surface area contributed by atoms with Gasteiger partial charge in [0.2, 0.25) is 5.91 Å². The summed E-state index contributed by atoms with van der Waals surface area (Å²) in [5, 5.41) is 2.96. The molecule has 0 aromatic heterocycles. The fourth-order valence-corrected chi connectivity index (χ4v) is 3.14. The molecular weight excluding hydrogens is 230 g/mol. The Morgan fingerprint density at radius 2 is 1.89 bits per heavy atom. The first-order chi connectivity index (χ1) is 8.74. The van der Waals surface area contributed by atoms with Crippen LogP contribution >= 0.6 is 0 Å². The number of rotatable bonds is 2. The third kappa shape index (κ3) is 1.55. The normalized spacial score (nSPS) is 25.1. The summed E-state index contributed by atoms with van der Waals surface area (Å²) in [4.78, 5) is 11.7. The maximum Gasteiger partial charge on any atom is 0.223 e. The lowest BCUT2D eigenvalue weighted by Gasteiger charge is -2.27. The van der Waals surface area contributed by atoms with Crippen LogP contribution in [0.2, 0.25) is 0 Å². The van der Waals surface area contributed by atoms with Crippen LogP contribution in [-0.4, -0.2) is 26.7 Å². The number of carbonyl (C=O) groups excluding carboxylic acids is 1. The lowest BCUT2D eigenvalue weighted by molar-refractivity contribution is -0.122. The van der Waals surface area contributed by atoms with Gasteiger partial charge in [0, 0.05) is 18.4 Å². The molecule has 1 saturated heterocycles. The molecular formula is C14H17NO3. The number of fused-ring (bicyclic) bond motifs is 3. The van der Waals surface area contributed by atoms with E-state index in [0.29, 0.717) is 5.92 Å². The summed E-state index contributed by atoms with van der Waals surface area (Å²) in [6.45, 7) is 0.742. The Morgan fingerprint density at radius 1 is 1.17 bits per heavy atom. The monoisotopic (exact) mass is 247 g/mol. The van der Waals surface area contributed by atoms with Gasteiger partial charge in [-0.05, 0) is 36.1 Å². The van der Waals surface area contributed by atoms with Crippen LogP contribution in [0.5, 0.6) is 11.5 Å². The largest absolute Gasteiger partial charge is 0.493 e. The van der Waals surface area contributed by atoms with E-state index in [9.17, 15) is 4.79 Å². The van der Waals surface area contributed by atoms with E-state index >= 15 is 0 Å². The Hall–Kier alpha value is -1.71. The van der Waals surface area contributed by atoms with Gasteiger partial charge < -0.3 is 14.8 Å². The average molecular weight is 247 g/mol. The molecule has 1 amide bonds. The van der Waals surface area contributed by atoms with Gasteiger partial charge in [-0.3, -0.25) is 4.79 Å². The van der Waals surface area contributed by atoms with Crippen molar-refractivity contribution < 1.29 is 14.3 Å². The molecule has 1 aliphatic heterocycles. The van der Waals surface area contributed by atoms with Crippen LogP contribution in [-0.2, 0) is 11.2 Å². The molecule has 1 heterocycles. The van der Waals surface area contributed by atoms with E-state index in [1.54, 1.807) is 14.2 Å². The van der Waals surface area contributed by atoms with Crippen LogP contribution in [0.15, 0.2) is 12.1 Å². The van der Waals surface area contributed by atoms with Crippen LogP contribution in [0, 0.1) is 5.92 Å². The number of nitrogens with one attached hydrogen (secondary N) is 1.